The molecule has 0 rings (SSSR count). The van der Waals surface area contributed by atoms with E-state index in [1.807, 2.05) is 13.8 Å². The Kier molecular flexibility index (Phi) is 6.01. The standard InChI is InChI=1S/C17H33NO2/c1-12(19)10-17(8,9)18-14(20)13(16(5,6)7)11-15(2,3)4/h13H,10-11H2,1-9H3,(H,18,20)/t13-/m1/s1. The van der Waals surface area contributed by atoms with E-state index in [1.165, 1.54) is 0 Å². The van der Waals surface area contributed by atoms with Crippen molar-refractivity contribution in [1.82, 2.24) is 5.32 Å². The summed E-state index contributed by atoms with van der Waals surface area (Å²) in [4.78, 5) is 23.9. The number of nitrogens with one attached hydrogen (secondary N) is 1. The van der Waals surface area contributed by atoms with Gasteiger partial charge in [-0.2, -0.15) is 0 Å². The first kappa shape index (κ1) is 19.1. The summed E-state index contributed by atoms with van der Waals surface area (Å²) in [6, 6.07) is 0. The molecule has 1 amide bonds. The first-order valence-corrected chi connectivity index (χ1v) is 7.45. The first-order chi connectivity index (χ1) is 8.64. The zero-order valence-corrected chi connectivity index (χ0v) is 14.8. The Labute approximate surface area is 124 Å². The Balaban J connectivity index is 5.03. The highest BCUT2D eigenvalue weighted by atomic mass is 16.2. The second-order valence-corrected chi connectivity index (χ2v) is 8.94. The lowest BCUT2D eigenvalue weighted by Crippen LogP contribution is -2.50. The maximum absolute atomic E-state index is 12.6. The molecule has 3 nitrogen and oxygen atoms in total. The van der Waals surface area contributed by atoms with Crippen LogP contribution < -0.4 is 5.32 Å². The number of Topliss-reactive ketones (excluding diaryl/α,β-unsaturated/α-hetero) is 1. The molecule has 0 spiro atoms. The molecular weight excluding hydrogens is 250 g/mol. The van der Waals surface area contributed by atoms with E-state index in [1.54, 1.807) is 6.92 Å². The van der Waals surface area contributed by atoms with Crippen molar-refractivity contribution in [2.75, 3.05) is 0 Å². The van der Waals surface area contributed by atoms with Crippen molar-refractivity contribution in [3.05, 3.63) is 0 Å². The van der Waals surface area contributed by atoms with E-state index in [4.69, 9.17) is 0 Å². The average Bonchev–Trinajstić information content (AvgIpc) is 2.07. The SMILES string of the molecule is CC(=O)CC(C)(C)NC(=O)[C@@H](CC(C)(C)C)C(C)(C)C. The Hall–Kier alpha value is -0.860. The molecule has 0 bridgehead atoms. The van der Waals surface area contributed by atoms with Crippen LogP contribution in [0.4, 0.5) is 0 Å². The van der Waals surface area contributed by atoms with Crippen molar-refractivity contribution < 1.29 is 9.59 Å². The van der Waals surface area contributed by atoms with Crippen LogP contribution in [-0.2, 0) is 9.59 Å². The maximum Gasteiger partial charge on any atom is 0.224 e. The van der Waals surface area contributed by atoms with Gasteiger partial charge in [0, 0.05) is 17.9 Å². The van der Waals surface area contributed by atoms with Gasteiger partial charge < -0.3 is 5.32 Å². The van der Waals surface area contributed by atoms with Gasteiger partial charge in [0.05, 0.1) is 0 Å². The Morgan fingerprint density at radius 2 is 1.40 bits per heavy atom. The van der Waals surface area contributed by atoms with Crippen molar-refractivity contribution in [1.29, 1.82) is 0 Å². The molecule has 0 heterocycles. The van der Waals surface area contributed by atoms with Crippen molar-refractivity contribution in [2.24, 2.45) is 16.7 Å². The van der Waals surface area contributed by atoms with Crippen molar-refractivity contribution in [3.8, 4) is 0 Å². The molecule has 20 heavy (non-hydrogen) atoms. The van der Waals surface area contributed by atoms with Gasteiger partial charge in [0.2, 0.25) is 5.91 Å². The summed E-state index contributed by atoms with van der Waals surface area (Å²) in [6.45, 7) is 18.1. The third-order valence-corrected chi connectivity index (χ3v) is 3.33. The maximum atomic E-state index is 12.6. The molecule has 0 saturated heterocycles. The molecule has 118 valence electrons. The van der Waals surface area contributed by atoms with E-state index >= 15 is 0 Å². The summed E-state index contributed by atoms with van der Waals surface area (Å²) >= 11 is 0. The highest BCUT2D eigenvalue weighted by Crippen LogP contribution is 2.36. The lowest BCUT2D eigenvalue weighted by atomic mass is 9.71. The number of ketones is 1. The molecule has 0 aromatic heterocycles. The molecule has 0 aromatic carbocycles. The van der Waals surface area contributed by atoms with Crippen LogP contribution in [0.25, 0.3) is 0 Å². The smallest absolute Gasteiger partial charge is 0.224 e. The van der Waals surface area contributed by atoms with Crippen molar-refractivity contribution in [3.63, 3.8) is 0 Å². The third-order valence-electron chi connectivity index (χ3n) is 3.33. The first-order valence-electron chi connectivity index (χ1n) is 7.45. The predicted molar refractivity (Wildman–Crippen MR) is 84.5 cm³/mol. The predicted octanol–water partition coefficient (Wildman–Crippen LogP) is 3.96. The number of hydrogen-bond acceptors (Lipinski definition) is 2. The summed E-state index contributed by atoms with van der Waals surface area (Å²) < 4.78 is 0. The summed E-state index contributed by atoms with van der Waals surface area (Å²) in [5.41, 5.74) is -0.478. The summed E-state index contributed by atoms with van der Waals surface area (Å²) in [7, 11) is 0. The fourth-order valence-electron chi connectivity index (χ4n) is 2.49. The van der Waals surface area contributed by atoms with Crippen molar-refractivity contribution >= 4 is 11.7 Å². The van der Waals surface area contributed by atoms with Crippen LogP contribution in [0.15, 0.2) is 0 Å². The number of carbonyl (C=O) groups excluding carboxylic acids is 2. The molecule has 0 fully saturated rings. The van der Waals surface area contributed by atoms with E-state index in [9.17, 15) is 9.59 Å². The average molecular weight is 283 g/mol. The van der Waals surface area contributed by atoms with Crippen LogP contribution >= 0.6 is 0 Å². The number of hydrogen-bond donors (Lipinski definition) is 1. The third kappa shape index (κ3) is 7.66. The van der Waals surface area contributed by atoms with Crippen LogP contribution in [0.1, 0.15) is 75.2 Å². The molecule has 0 aromatic rings. The molecule has 3 heteroatoms. The zero-order chi connectivity index (χ0) is 16.4. The molecule has 0 radical (unpaired) electrons. The number of carbonyl (C=O) groups is 2. The van der Waals surface area contributed by atoms with Crippen LogP contribution in [0.5, 0.6) is 0 Å². The molecule has 0 aliphatic heterocycles. The van der Waals surface area contributed by atoms with Gasteiger partial charge in [-0.3, -0.25) is 9.59 Å². The van der Waals surface area contributed by atoms with E-state index < -0.39 is 5.54 Å². The Morgan fingerprint density at radius 3 is 1.70 bits per heavy atom. The number of amides is 1. The monoisotopic (exact) mass is 283 g/mol. The van der Waals surface area contributed by atoms with E-state index in [-0.39, 0.29) is 28.4 Å². The van der Waals surface area contributed by atoms with Gasteiger partial charge in [-0.15, -0.1) is 0 Å². The Morgan fingerprint density at radius 1 is 0.950 bits per heavy atom. The van der Waals surface area contributed by atoms with Crippen LogP contribution in [0, 0.1) is 16.7 Å². The quantitative estimate of drug-likeness (QED) is 0.830. The zero-order valence-electron chi connectivity index (χ0n) is 14.8. The Bertz CT molecular complexity index is 356. The second kappa shape index (κ2) is 6.28. The van der Waals surface area contributed by atoms with Gasteiger partial charge >= 0.3 is 0 Å². The highest BCUT2D eigenvalue weighted by Gasteiger charge is 2.36. The second-order valence-electron chi connectivity index (χ2n) is 8.94. The van der Waals surface area contributed by atoms with E-state index in [2.05, 4.69) is 46.9 Å². The lowest BCUT2D eigenvalue weighted by molar-refractivity contribution is -0.131. The van der Waals surface area contributed by atoms with Gasteiger partial charge in [0.25, 0.3) is 0 Å². The fourth-order valence-corrected chi connectivity index (χ4v) is 2.49. The molecule has 0 aliphatic rings. The summed E-state index contributed by atoms with van der Waals surface area (Å²) in [6.07, 6.45) is 1.20. The van der Waals surface area contributed by atoms with Gasteiger partial charge in [-0.1, -0.05) is 41.5 Å². The molecule has 0 aliphatic carbocycles. The van der Waals surface area contributed by atoms with Crippen LogP contribution in [0.2, 0.25) is 0 Å². The minimum atomic E-state index is -0.482. The molecule has 0 saturated carbocycles. The van der Waals surface area contributed by atoms with Crippen molar-refractivity contribution in [2.45, 2.75) is 80.7 Å². The minimum Gasteiger partial charge on any atom is -0.351 e. The molecular formula is C17H33NO2. The minimum absolute atomic E-state index is 0.0543. The van der Waals surface area contributed by atoms with E-state index in [0.717, 1.165) is 6.42 Å². The van der Waals surface area contributed by atoms with Crippen LogP contribution in [-0.4, -0.2) is 17.2 Å². The van der Waals surface area contributed by atoms with Gasteiger partial charge in [-0.05, 0) is 38.0 Å². The molecule has 0 unspecified atom stereocenters. The highest BCUT2D eigenvalue weighted by molar-refractivity contribution is 5.82. The largest absolute Gasteiger partial charge is 0.351 e. The normalized spacial score (nSPS) is 14.8. The molecule has 1 atom stereocenters. The summed E-state index contributed by atoms with van der Waals surface area (Å²) in [5.74, 6) is 0.0887. The fraction of sp³-hybridized carbons (Fsp3) is 0.882. The summed E-state index contributed by atoms with van der Waals surface area (Å²) in [5, 5.41) is 3.06. The van der Waals surface area contributed by atoms with Gasteiger partial charge in [0.15, 0.2) is 0 Å². The van der Waals surface area contributed by atoms with Gasteiger partial charge in [-0.25, -0.2) is 0 Å². The molecule has 1 N–H and O–H groups in total. The number of rotatable bonds is 5. The lowest BCUT2D eigenvalue weighted by Gasteiger charge is -2.37. The van der Waals surface area contributed by atoms with Gasteiger partial charge in [0.1, 0.15) is 5.78 Å². The van der Waals surface area contributed by atoms with E-state index in [0.29, 0.717) is 6.42 Å². The van der Waals surface area contributed by atoms with Crippen LogP contribution in [0.3, 0.4) is 0 Å². The topological polar surface area (TPSA) is 46.2 Å².